The van der Waals surface area contributed by atoms with Gasteiger partial charge in [-0.1, -0.05) is 24.3 Å². The molecule has 0 heterocycles. The minimum absolute atomic E-state index is 0.262. The molecule has 0 aliphatic rings. The third kappa shape index (κ3) is 2.85. The van der Waals surface area contributed by atoms with E-state index in [1.54, 1.807) is 6.07 Å². The van der Waals surface area contributed by atoms with Gasteiger partial charge in [0, 0.05) is 6.92 Å². The third-order valence-electron chi connectivity index (χ3n) is 1.20. The Morgan fingerprint density at radius 3 is 3.00 bits per heavy atom. The highest BCUT2D eigenvalue weighted by molar-refractivity contribution is 5.65. The van der Waals surface area contributed by atoms with E-state index in [0.29, 0.717) is 6.61 Å². The van der Waals surface area contributed by atoms with Crippen molar-refractivity contribution in [3.63, 3.8) is 0 Å². The zero-order chi connectivity index (χ0) is 8.10. The van der Waals surface area contributed by atoms with Gasteiger partial charge in [0.05, 0.1) is 0 Å². The second-order valence-electron chi connectivity index (χ2n) is 2.17. The van der Waals surface area contributed by atoms with Crippen LogP contribution in [0.3, 0.4) is 0 Å². The van der Waals surface area contributed by atoms with E-state index in [0.717, 1.165) is 5.56 Å². The molecule has 11 heavy (non-hydrogen) atoms. The van der Waals surface area contributed by atoms with Crippen molar-refractivity contribution < 1.29 is 9.53 Å². The monoisotopic (exact) mass is 149 g/mol. The average molecular weight is 149 g/mol. The van der Waals surface area contributed by atoms with Crippen LogP contribution in [0.2, 0.25) is 0 Å². The molecule has 0 aliphatic heterocycles. The van der Waals surface area contributed by atoms with Gasteiger partial charge in [0.15, 0.2) is 0 Å². The van der Waals surface area contributed by atoms with E-state index in [9.17, 15) is 4.79 Å². The lowest BCUT2D eigenvalue weighted by Crippen LogP contribution is -1.98. The zero-order valence-electron chi connectivity index (χ0n) is 6.33. The van der Waals surface area contributed by atoms with Crippen molar-refractivity contribution in [1.82, 2.24) is 0 Å². The molecule has 1 rings (SSSR count). The number of carbonyl (C=O) groups excluding carboxylic acids is 1. The van der Waals surface area contributed by atoms with Crippen molar-refractivity contribution in [3.8, 4) is 0 Å². The molecule has 0 spiro atoms. The molecule has 0 bridgehead atoms. The summed E-state index contributed by atoms with van der Waals surface area (Å²) in [6.07, 6.45) is 0. The molecule has 0 unspecified atom stereocenters. The second kappa shape index (κ2) is 3.76. The normalized spacial score (nSPS) is 9.18. The van der Waals surface area contributed by atoms with Crippen LogP contribution in [-0.2, 0) is 16.1 Å². The summed E-state index contributed by atoms with van der Waals surface area (Å²) in [6, 6.07) is 10.4. The first kappa shape index (κ1) is 7.79. The highest BCUT2D eigenvalue weighted by Gasteiger charge is 1.93. The van der Waals surface area contributed by atoms with E-state index in [4.69, 9.17) is 4.74 Å². The van der Waals surface area contributed by atoms with Crippen LogP contribution in [0.1, 0.15) is 12.5 Å². The molecule has 0 aliphatic carbocycles. The highest BCUT2D eigenvalue weighted by atomic mass is 16.5. The molecule has 0 N–H and O–H groups in total. The molecule has 1 aromatic carbocycles. The summed E-state index contributed by atoms with van der Waals surface area (Å²) in [7, 11) is 0. The first-order valence-electron chi connectivity index (χ1n) is 3.38. The Balaban J connectivity index is 2.45. The van der Waals surface area contributed by atoms with E-state index in [-0.39, 0.29) is 5.97 Å². The number of ether oxygens (including phenoxy) is 1. The van der Waals surface area contributed by atoms with Crippen molar-refractivity contribution >= 4 is 5.97 Å². The molecule has 0 saturated carbocycles. The van der Waals surface area contributed by atoms with Gasteiger partial charge in [0.2, 0.25) is 0 Å². The van der Waals surface area contributed by atoms with Gasteiger partial charge in [0.25, 0.3) is 0 Å². The summed E-state index contributed by atoms with van der Waals surface area (Å²) in [4.78, 5) is 10.4. The largest absolute Gasteiger partial charge is 0.461 e. The van der Waals surface area contributed by atoms with Crippen molar-refractivity contribution in [2.75, 3.05) is 0 Å². The molecule has 2 nitrogen and oxygen atoms in total. The number of hydrogen-bond donors (Lipinski definition) is 0. The fraction of sp³-hybridized carbons (Fsp3) is 0.222. The van der Waals surface area contributed by atoms with Crippen LogP contribution >= 0.6 is 0 Å². The van der Waals surface area contributed by atoms with Crippen LogP contribution in [0.5, 0.6) is 0 Å². The van der Waals surface area contributed by atoms with Crippen molar-refractivity contribution in [2.24, 2.45) is 0 Å². The van der Waals surface area contributed by atoms with Crippen molar-refractivity contribution in [3.05, 3.63) is 35.9 Å². The average Bonchev–Trinajstić information content (AvgIpc) is 2.03. The summed E-state index contributed by atoms with van der Waals surface area (Å²) >= 11 is 0. The van der Waals surface area contributed by atoms with Crippen LogP contribution in [0.25, 0.3) is 0 Å². The lowest BCUT2D eigenvalue weighted by Gasteiger charge is -1.99. The maximum Gasteiger partial charge on any atom is 0.302 e. The molecule has 0 atom stereocenters. The maximum atomic E-state index is 10.4. The first-order valence-corrected chi connectivity index (χ1v) is 3.38. The van der Waals surface area contributed by atoms with Crippen molar-refractivity contribution in [2.45, 2.75) is 13.5 Å². The summed E-state index contributed by atoms with van der Waals surface area (Å²) in [6.45, 7) is 1.71. The van der Waals surface area contributed by atoms with Crippen LogP contribution < -0.4 is 0 Å². The van der Waals surface area contributed by atoms with E-state index >= 15 is 0 Å². The Labute approximate surface area is 65.8 Å². The van der Waals surface area contributed by atoms with E-state index < -0.39 is 0 Å². The predicted molar refractivity (Wildman–Crippen MR) is 40.7 cm³/mol. The third-order valence-corrected chi connectivity index (χ3v) is 1.20. The summed E-state index contributed by atoms with van der Waals surface area (Å²) in [5.74, 6) is -0.262. The first-order chi connectivity index (χ1) is 5.29. The molecule has 1 radical (unpaired) electrons. The standard InChI is InChI=1S/C9H9O2/c1-8(10)11-7-9-5-3-2-4-6-9/h2-5H,7H2,1H3. The number of carbonyl (C=O) groups is 1. The number of benzene rings is 1. The van der Waals surface area contributed by atoms with Gasteiger partial charge >= 0.3 is 5.97 Å². The summed E-state index contributed by atoms with van der Waals surface area (Å²) < 4.78 is 4.76. The maximum absolute atomic E-state index is 10.4. The smallest absolute Gasteiger partial charge is 0.302 e. The molecule has 0 fully saturated rings. The SMILES string of the molecule is CC(=O)OCc1[c]cccc1. The fourth-order valence-electron chi connectivity index (χ4n) is 0.700. The van der Waals surface area contributed by atoms with Crippen LogP contribution in [0, 0.1) is 6.07 Å². The number of rotatable bonds is 2. The zero-order valence-corrected chi connectivity index (χ0v) is 6.33. The molecular weight excluding hydrogens is 140 g/mol. The minimum atomic E-state index is -0.262. The quantitative estimate of drug-likeness (QED) is 0.596. The second-order valence-corrected chi connectivity index (χ2v) is 2.17. The van der Waals surface area contributed by atoms with Crippen LogP contribution in [0.4, 0.5) is 0 Å². The molecule has 2 heteroatoms. The Morgan fingerprint density at radius 1 is 1.64 bits per heavy atom. The van der Waals surface area contributed by atoms with E-state index in [1.165, 1.54) is 6.92 Å². The van der Waals surface area contributed by atoms with Gasteiger partial charge in [-0.15, -0.1) is 0 Å². The highest BCUT2D eigenvalue weighted by Crippen LogP contribution is 1.98. The molecule has 0 amide bonds. The van der Waals surface area contributed by atoms with Gasteiger partial charge in [-0.25, -0.2) is 0 Å². The summed E-state index contributed by atoms with van der Waals surface area (Å²) in [5.41, 5.74) is 0.891. The molecular formula is C9H9O2. The lowest BCUT2D eigenvalue weighted by atomic mass is 10.2. The van der Waals surface area contributed by atoms with Crippen molar-refractivity contribution in [1.29, 1.82) is 0 Å². The molecule has 1 aromatic rings. The van der Waals surface area contributed by atoms with Gasteiger partial charge in [-0.3, -0.25) is 4.79 Å². The minimum Gasteiger partial charge on any atom is -0.461 e. The van der Waals surface area contributed by atoms with Crippen LogP contribution in [0.15, 0.2) is 24.3 Å². The fourth-order valence-corrected chi connectivity index (χ4v) is 0.700. The van der Waals surface area contributed by atoms with Gasteiger partial charge in [0.1, 0.15) is 6.61 Å². The van der Waals surface area contributed by atoms with Crippen LogP contribution in [-0.4, -0.2) is 5.97 Å². The Bertz CT molecular complexity index is 229. The van der Waals surface area contributed by atoms with E-state index in [2.05, 4.69) is 6.07 Å². The molecule has 57 valence electrons. The number of hydrogen-bond acceptors (Lipinski definition) is 2. The Morgan fingerprint density at radius 2 is 2.45 bits per heavy atom. The predicted octanol–water partition coefficient (Wildman–Crippen LogP) is 1.55. The number of esters is 1. The van der Waals surface area contributed by atoms with Gasteiger partial charge < -0.3 is 4.74 Å². The summed E-state index contributed by atoms with van der Waals surface area (Å²) in [5, 5.41) is 0. The van der Waals surface area contributed by atoms with Gasteiger partial charge in [-0.05, 0) is 11.6 Å². The lowest BCUT2D eigenvalue weighted by molar-refractivity contribution is -0.142. The Hall–Kier alpha value is -1.31. The molecule has 0 aromatic heterocycles. The van der Waals surface area contributed by atoms with E-state index in [1.807, 2.05) is 18.2 Å². The molecule has 0 saturated heterocycles. The van der Waals surface area contributed by atoms with Gasteiger partial charge in [-0.2, -0.15) is 0 Å². The topological polar surface area (TPSA) is 26.3 Å². The Kier molecular flexibility index (Phi) is 2.66.